The summed E-state index contributed by atoms with van der Waals surface area (Å²) in [5, 5.41) is 16.4. The molecule has 4 rings (SSSR count). The summed E-state index contributed by atoms with van der Waals surface area (Å²) in [6, 6.07) is 9.61. The minimum absolute atomic E-state index is 0.0647. The zero-order valence-corrected chi connectivity index (χ0v) is 17.9. The fourth-order valence-electron chi connectivity index (χ4n) is 3.42. The molecule has 0 saturated carbocycles. The van der Waals surface area contributed by atoms with Gasteiger partial charge in [-0.15, -0.1) is 0 Å². The van der Waals surface area contributed by atoms with Crippen molar-refractivity contribution >= 4 is 51.4 Å². The van der Waals surface area contributed by atoms with Crippen LogP contribution in [0.15, 0.2) is 46.0 Å². The van der Waals surface area contributed by atoms with Crippen molar-refractivity contribution in [3.05, 3.63) is 57.9 Å². The Bertz CT molecular complexity index is 1110. The highest BCUT2D eigenvalue weighted by Crippen LogP contribution is 2.31. The number of amides is 1. The van der Waals surface area contributed by atoms with Crippen LogP contribution in [-0.4, -0.2) is 31.5 Å². The fraction of sp³-hybridized carbons (Fsp3) is 0.238. The lowest BCUT2D eigenvalue weighted by atomic mass is 10.1. The van der Waals surface area contributed by atoms with Gasteiger partial charge in [0.05, 0.1) is 5.57 Å². The molecule has 0 aliphatic carbocycles. The predicted molar refractivity (Wildman–Crippen MR) is 120 cm³/mol. The second-order valence-corrected chi connectivity index (χ2v) is 8.38. The number of carbonyl (C=O) groups excluding carboxylic acids is 1. The maximum atomic E-state index is 12.6. The van der Waals surface area contributed by atoms with Crippen LogP contribution in [0.1, 0.15) is 36.7 Å². The van der Waals surface area contributed by atoms with Gasteiger partial charge in [-0.3, -0.25) is 10.2 Å². The maximum Gasteiger partial charge on any atom is 0.283 e. The number of aryl methyl sites for hydroxylation is 1. The Kier molecular flexibility index (Phi) is 5.19. The standard InChI is InChI=1S/C21H20ClN5OS/c1-4-5-18-25-27-19(23)17(20(28)24-21(27)29-18)11-14-10-12(2)26(13(14)3)16-8-6-15(22)7-9-16/h6-11,23H,4-5H2,1-3H3. The van der Waals surface area contributed by atoms with Crippen molar-refractivity contribution in [2.75, 3.05) is 0 Å². The Hall–Kier alpha value is -2.64. The summed E-state index contributed by atoms with van der Waals surface area (Å²) < 4.78 is 2.09. The van der Waals surface area contributed by atoms with Crippen molar-refractivity contribution in [2.45, 2.75) is 33.6 Å². The Balaban J connectivity index is 1.72. The van der Waals surface area contributed by atoms with Crippen LogP contribution in [-0.2, 0) is 4.79 Å². The number of nitrogens with one attached hydrogen (secondary N) is 1. The molecule has 0 radical (unpaired) electrons. The smallest absolute Gasteiger partial charge is 0.283 e. The number of benzene rings is 1. The molecule has 0 fully saturated rings. The molecule has 3 heterocycles. The van der Waals surface area contributed by atoms with Gasteiger partial charge in [-0.25, -0.2) is 0 Å². The topological polar surface area (TPSA) is 73.8 Å². The van der Waals surface area contributed by atoms with Gasteiger partial charge in [0.15, 0.2) is 5.84 Å². The summed E-state index contributed by atoms with van der Waals surface area (Å²) in [6.45, 7) is 6.07. The molecule has 0 unspecified atom stereocenters. The number of hydrogen-bond acceptors (Lipinski definition) is 4. The van der Waals surface area contributed by atoms with Crippen LogP contribution < -0.4 is 0 Å². The number of rotatable bonds is 4. The molecule has 8 heteroatoms. The molecule has 1 N–H and O–H groups in total. The molecule has 0 saturated heterocycles. The van der Waals surface area contributed by atoms with Crippen LogP contribution in [0.4, 0.5) is 0 Å². The van der Waals surface area contributed by atoms with E-state index in [0.29, 0.717) is 10.2 Å². The quantitative estimate of drug-likeness (QED) is 0.687. The van der Waals surface area contributed by atoms with Crippen molar-refractivity contribution in [2.24, 2.45) is 10.1 Å². The van der Waals surface area contributed by atoms with Crippen molar-refractivity contribution in [3.8, 4) is 5.69 Å². The molecule has 1 amide bonds. The number of halogens is 1. The van der Waals surface area contributed by atoms with Gasteiger partial charge in [0, 0.05) is 22.1 Å². The molecule has 2 aliphatic heterocycles. The van der Waals surface area contributed by atoms with Gasteiger partial charge in [-0.1, -0.05) is 18.5 Å². The zero-order valence-electron chi connectivity index (χ0n) is 16.4. The Labute approximate surface area is 178 Å². The molecular formula is C21H20ClN5OS. The lowest BCUT2D eigenvalue weighted by Gasteiger charge is -2.20. The van der Waals surface area contributed by atoms with Gasteiger partial charge in [0.2, 0.25) is 5.17 Å². The molecule has 2 aromatic rings. The van der Waals surface area contributed by atoms with Gasteiger partial charge in [0.25, 0.3) is 5.91 Å². The largest absolute Gasteiger partial charge is 0.318 e. The normalized spacial score (nSPS) is 17.7. The molecule has 29 heavy (non-hydrogen) atoms. The summed E-state index contributed by atoms with van der Waals surface area (Å²) in [7, 11) is 0. The SMILES string of the molecule is CCCC1=NN2C(=N)C(=Cc3cc(C)n(-c4ccc(Cl)cc4)c3C)C(=O)N=C2S1. The van der Waals surface area contributed by atoms with E-state index in [9.17, 15) is 4.79 Å². The summed E-state index contributed by atoms with van der Waals surface area (Å²) >= 11 is 7.38. The Morgan fingerprint density at radius 3 is 2.66 bits per heavy atom. The molecule has 0 atom stereocenters. The molecule has 1 aromatic carbocycles. The van der Waals surface area contributed by atoms with Crippen molar-refractivity contribution < 1.29 is 4.79 Å². The highest BCUT2D eigenvalue weighted by Gasteiger charge is 2.35. The summed E-state index contributed by atoms with van der Waals surface area (Å²) in [4.78, 5) is 16.8. The van der Waals surface area contributed by atoms with Crippen LogP contribution in [0.5, 0.6) is 0 Å². The number of carbonyl (C=O) groups is 1. The number of fused-ring (bicyclic) bond motifs is 1. The average molecular weight is 426 g/mol. The van der Waals surface area contributed by atoms with Crippen molar-refractivity contribution in [3.63, 3.8) is 0 Å². The first-order valence-electron chi connectivity index (χ1n) is 9.33. The number of nitrogens with zero attached hydrogens (tertiary/aromatic N) is 4. The third kappa shape index (κ3) is 3.56. The highest BCUT2D eigenvalue weighted by atomic mass is 35.5. The number of aliphatic imine (C=N–C) groups is 1. The molecule has 6 nitrogen and oxygen atoms in total. The van der Waals surface area contributed by atoms with E-state index in [1.165, 1.54) is 16.8 Å². The number of amidine groups is 2. The van der Waals surface area contributed by atoms with Crippen LogP contribution in [0, 0.1) is 19.3 Å². The molecule has 0 spiro atoms. The first-order chi connectivity index (χ1) is 13.9. The minimum atomic E-state index is -0.405. The Morgan fingerprint density at radius 2 is 1.97 bits per heavy atom. The monoisotopic (exact) mass is 425 g/mol. The predicted octanol–water partition coefficient (Wildman–Crippen LogP) is 5.17. The second kappa shape index (κ2) is 7.65. The van der Waals surface area contributed by atoms with E-state index in [2.05, 4.69) is 21.6 Å². The zero-order chi connectivity index (χ0) is 20.7. The summed E-state index contributed by atoms with van der Waals surface area (Å²) in [5.41, 5.74) is 4.10. The van der Waals surface area contributed by atoms with E-state index in [1.54, 1.807) is 6.08 Å². The molecule has 2 aliphatic rings. The van der Waals surface area contributed by atoms with Crippen LogP contribution >= 0.6 is 23.4 Å². The lowest BCUT2D eigenvalue weighted by molar-refractivity contribution is -0.114. The lowest BCUT2D eigenvalue weighted by Crippen LogP contribution is -2.35. The third-order valence-corrected chi connectivity index (χ3v) is 6.04. The van der Waals surface area contributed by atoms with Crippen LogP contribution in [0.2, 0.25) is 5.02 Å². The molecule has 148 valence electrons. The Morgan fingerprint density at radius 1 is 1.24 bits per heavy atom. The van der Waals surface area contributed by atoms with Gasteiger partial charge in [-0.2, -0.15) is 15.1 Å². The van der Waals surface area contributed by atoms with E-state index in [4.69, 9.17) is 17.0 Å². The van der Waals surface area contributed by atoms with Gasteiger partial charge in [-0.05, 0) is 80.4 Å². The molecular weight excluding hydrogens is 406 g/mol. The number of thioether (sulfide) groups is 1. The first kappa shape index (κ1) is 19.7. The number of aromatic nitrogens is 1. The average Bonchev–Trinajstić information content (AvgIpc) is 3.20. The summed E-state index contributed by atoms with van der Waals surface area (Å²) in [5.74, 6) is -0.340. The van der Waals surface area contributed by atoms with E-state index in [1.807, 2.05) is 44.2 Å². The second-order valence-electron chi connectivity index (χ2n) is 6.90. The van der Waals surface area contributed by atoms with Crippen molar-refractivity contribution in [1.29, 1.82) is 5.41 Å². The van der Waals surface area contributed by atoms with E-state index in [0.717, 1.165) is 40.5 Å². The number of hydrogen-bond donors (Lipinski definition) is 1. The first-order valence-corrected chi connectivity index (χ1v) is 10.5. The van der Waals surface area contributed by atoms with Crippen molar-refractivity contribution in [1.82, 2.24) is 9.58 Å². The van der Waals surface area contributed by atoms with Gasteiger partial charge in [0.1, 0.15) is 5.04 Å². The van der Waals surface area contributed by atoms with E-state index >= 15 is 0 Å². The maximum absolute atomic E-state index is 12.6. The van der Waals surface area contributed by atoms with Gasteiger partial charge < -0.3 is 4.57 Å². The molecule has 1 aromatic heterocycles. The highest BCUT2D eigenvalue weighted by molar-refractivity contribution is 8.26. The van der Waals surface area contributed by atoms with Crippen LogP contribution in [0.25, 0.3) is 11.8 Å². The third-order valence-electron chi connectivity index (χ3n) is 4.82. The summed E-state index contributed by atoms with van der Waals surface area (Å²) in [6.07, 6.45) is 3.49. The minimum Gasteiger partial charge on any atom is -0.318 e. The number of hydrazone groups is 1. The van der Waals surface area contributed by atoms with Gasteiger partial charge >= 0.3 is 0 Å². The van der Waals surface area contributed by atoms with Crippen LogP contribution in [0.3, 0.4) is 0 Å². The molecule has 0 bridgehead atoms. The van der Waals surface area contributed by atoms with E-state index < -0.39 is 5.91 Å². The van der Waals surface area contributed by atoms with E-state index in [-0.39, 0.29) is 11.4 Å². The fourth-order valence-corrected chi connectivity index (χ4v) is 4.54.